The van der Waals surface area contributed by atoms with Crippen LogP contribution in [0.5, 0.6) is 17.2 Å². The summed E-state index contributed by atoms with van der Waals surface area (Å²) in [5.74, 6) is 1.56. The van der Waals surface area contributed by atoms with Crippen molar-refractivity contribution >= 4 is 17.3 Å². The van der Waals surface area contributed by atoms with Crippen molar-refractivity contribution in [3.8, 4) is 17.2 Å². The molecular formula is C23H20ClN3O3. The van der Waals surface area contributed by atoms with Crippen molar-refractivity contribution < 1.29 is 14.6 Å². The first-order valence-corrected chi connectivity index (χ1v) is 10.2. The summed E-state index contributed by atoms with van der Waals surface area (Å²) < 4.78 is 12.2. The lowest BCUT2D eigenvalue weighted by Gasteiger charge is -2.38. The van der Waals surface area contributed by atoms with Crippen LogP contribution in [-0.2, 0) is 0 Å². The van der Waals surface area contributed by atoms with Crippen LogP contribution in [0.25, 0.3) is 0 Å². The Kier molecular flexibility index (Phi) is 4.71. The van der Waals surface area contributed by atoms with E-state index in [-0.39, 0.29) is 11.8 Å². The van der Waals surface area contributed by atoms with Crippen LogP contribution < -0.4 is 9.47 Å². The van der Waals surface area contributed by atoms with Gasteiger partial charge in [-0.15, -0.1) is 0 Å². The number of benzene rings is 2. The minimum absolute atomic E-state index is 0.0745. The summed E-state index contributed by atoms with van der Waals surface area (Å²) in [5, 5.41) is 17.7. The van der Waals surface area contributed by atoms with Crippen LogP contribution in [-0.4, -0.2) is 27.4 Å². The van der Waals surface area contributed by atoms with Crippen LogP contribution in [0.3, 0.4) is 0 Å². The largest absolute Gasteiger partial charge is 0.507 e. The molecule has 2 aliphatic rings. The Morgan fingerprint density at radius 1 is 1.20 bits per heavy atom. The van der Waals surface area contributed by atoms with Crippen LogP contribution in [0, 0.1) is 0 Å². The molecule has 0 radical (unpaired) electrons. The quantitative estimate of drug-likeness (QED) is 0.636. The van der Waals surface area contributed by atoms with Gasteiger partial charge in [-0.25, -0.2) is 5.01 Å². The summed E-state index contributed by atoms with van der Waals surface area (Å²) in [6.45, 7) is 2.49. The third-order valence-corrected chi connectivity index (χ3v) is 5.53. The van der Waals surface area contributed by atoms with Crippen LogP contribution >= 0.6 is 11.6 Å². The average Bonchev–Trinajstić information content (AvgIpc) is 3.21. The van der Waals surface area contributed by atoms with Crippen LogP contribution in [0.2, 0.25) is 5.02 Å². The number of phenols is 1. The van der Waals surface area contributed by atoms with E-state index in [1.165, 1.54) is 0 Å². The molecule has 7 heteroatoms. The molecule has 2 atom stereocenters. The number of aromatic nitrogens is 1. The van der Waals surface area contributed by atoms with E-state index in [1.807, 2.05) is 48.3 Å². The fourth-order valence-corrected chi connectivity index (χ4v) is 4.14. The van der Waals surface area contributed by atoms with Gasteiger partial charge in [0, 0.05) is 28.8 Å². The molecule has 3 aromatic rings. The van der Waals surface area contributed by atoms with Crippen molar-refractivity contribution in [1.82, 2.24) is 9.99 Å². The Hall–Kier alpha value is -3.25. The number of nitrogens with zero attached hydrogens (tertiary/aromatic N) is 3. The lowest BCUT2D eigenvalue weighted by atomic mass is 9.95. The predicted molar refractivity (Wildman–Crippen MR) is 114 cm³/mol. The fraction of sp³-hybridized carbons (Fsp3) is 0.217. The van der Waals surface area contributed by atoms with E-state index >= 15 is 0 Å². The van der Waals surface area contributed by atoms with Crippen molar-refractivity contribution in [2.75, 3.05) is 6.61 Å². The van der Waals surface area contributed by atoms with Gasteiger partial charge in [0.25, 0.3) is 0 Å². The van der Waals surface area contributed by atoms with Crippen molar-refractivity contribution in [2.45, 2.75) is 25.6 Å². The minimum atomic E-state index is -0.510. The molecule has 0 saturated carbocycles. The zero-order valence-electron chi connectivity index (χ0n) is 16.3. The van der Waals surface area contributed by atoms with Crippen LogP contribution in [0.15, 0.2) is 65.9 Å². The molecule has 0 spiro atoms. The first kappa shape index (κ1) is 18.8. The average molecular weight is 422 g/mol. The first-order chi connectivity index (χ1) is 14.7. The highest BCUT2D eigenvalue weighted by Crippen LogP contribution is 2.50. The number of rotatable bonds is 4. The second kappa shape index (κ2) is 7.54. The SMILES string of the molecule is CCOc1cccc2c1O[C@H](c1ccccn1)N1N=C(c3cc(Cl)ccc3O)C[C@@H]21. The number of phenolic OH excluding ortho intramolecular Hbond substituents is 1. The van der Waals surface area contributed by atoms with Crippen LogP contribution in [0.4, 0.5) is 0 Å². The normalized spacial score (nSPS) is 19.5. The molecule has 152 valence electrons. The van der Waals surface area contributed by atoms with Crippen molar-refractivity contribution in [1.29, 1.82) is 0 Å². The highest BCUT2D eigenvalue weighted by atomic mass is 35.5. The molecule has 0 bridgehead atoms. The van der Waals surface area contributed by atoms with E-state index in [0.29, 0.717) is 35.1 Å². The van der Waals surface area contributed by atoms with Gasteiger partial charge in [-0.3, -0.25) is 4.98 Å². The monoisotopic (exact) mass is 421 g/mol. The highest BCUT2D eigenvalue weighted by Gasteiger charge is 2.43. The molecule has 2 aliphatic heterocycles. The van der Waals surface area contributed by atoms with E-state index in [0.717, 1.165) is 17.0 Å². The van der Waals surface area contributed by atoms with E-state index in [1.54, 1.807) is 24.4 Å². The Balaban J connectivity index is 1.63. The van der Waals surface area contributed by atoms with Crippen molar-refractivity contribution in [3.05, 3.63) is 82.6 Å². The zero-order chi connectivity index (χ0) is 20.7. The number of fused-ring (bicyclic) bond motifs is 3. The number of ether oxygens (including phenoxy) is 2. The number of pyridine rings is 1. The smallest absolute Gasteiger partial charge is 0.230 e. The molecule has 1 aromatic heterocycles. The summed E-state index contributed by atoms with van der Waals surface area (Å²) in [7, 11) is 0. The summed E-state index contributed by atoms with van der Waals surface area (Å²) >= 11 is 6.18. The Morgan fingerprint density at radius 3 is 2.90 bits per heavy atom. The lowest BCUT2D eigenvalue weighted by Crippen LogP contribution is -2.34. The topological polar surface area (TPSA) is 67.2 Å². The van der Waals surface area contributed by atoms with Gasteiger partial charge in [0.1, 0.15) is 11.4 Å². The molecule has 30 heavy (non-hydrogen) atoms. The number of hydrogen-bond acceptors (Lipinski definition) is 6. The summed E-state index contributed by atoms with van der Waals surface area (Å²) in [6, 6.07) is 16.5. The molecule has 2 aromatic carbocycles. The molecule has 1 N–H and O–H groups in total. The van der Waals surface area contributed by atoms with Crippen LogP contribution in [0.1, 0.15) is 42.4 Å². The second-order valence-corrected chi connectivity index (χ2v) is 7.58. The molecule has 0 amide bonds. The van der Waals surface area contributed by atoms with E-state index in [4.69, 9.17) is 26.2 Å². The number of aromatic hydroxyl groups is 1. The Morgan fingerprint density at radius 2 is 2.10 bits per heavy atom. The van der Waals surface area contributed by atoms with Crippen molar-refractivity contribution in [2.24, 2.45) is 5.10 Å². The minimum Gasteiger partial charge on any atom is -0.507 e. The Labute approximate surface area is 179 Å². The molecule has 0 fully saturated rings. The van der Waals surface area contributed by atoms with Gasteiger partial charge in [0.15, 0.2) is 11.5 Å². The molecule has 0 saturated heterocycles. The maximum Gasteiger partial charge on any atom is 0.230 e. The van der Waals surface area contributed by atoms with Gasteiger partial charge in [-0.2, -0.15) is 5.10 Å². The highest BCUT2D eigenvalue weighted by molar-refractivity contribution is 6.31. The van der Waals surface area contributed by atoms with E-state index in [9.17, 15) is 5.11 Å². The van der Waals surface area contributed by atoms with E-state index < -0.39 is 6.23 Å². The second-order valence-electron chi connectivity index (χ2n) is 7.14. The first-order valence-electron chi connectivity index (χ1n) is 9.83. The maximum atomic E-state index is 10.4. The number of para-hydroxylation sites is 1. The zero-order valence-corrected chi connectivity index (χ0v) is 17.1. The Bertz CT molecular complexity index is 1120. The van der Waals surface area contributed by atoms with Gasteiger partial charge in [-0.1, -0.05) is 29.8 Å². The number of halogens is 1. The maximum absolute atomic E-state index is 10.4. The molecule has 0 unspecified atom stereocenters. The van der Waals surface area contributed by atoms with Gasteiger partial charge < -0.3 is 14.6 Å². The van der Waals surface area contributed by atoms with E-state index in [2.05, 4.69) is 4.98 Å². The summed E-state index contributed by atoms with van der Waals surface area (Å²) in [6.07, 6.45) is 1.83. The molecule has 0 aliphatic carbocycles. The molecular weight excluding hydrogens is 402 g/mol. The summed E-state index contributed by atoms with van der Waals surface area (Å²) in [5.41, 5.74) is 3.12. The lowest BCUT2D eigenvalue weighted by molar-refractivity contribution is -0.0240. The van der Waals surface area contributed by atoms with Gasteiger partial charge in [-0.05, 0) is 43.3 Å². The third kappa shape index (κ3) is 3.13. The van der Waals surface area contributed by atoms with Crippen molar-refractivity contribution in [3.63, 3.8) is 0 Å². The fourth-order valence-electron chi connectivity index (χ4n) is 3.97. The standard InChI is InChI=1S/C23H20ClN3O3/c1-2-29-21-8-5-6-15-19-13-18(16-12-14(24)9-10-20(16)28)26-27(19)23(30-22(15)21)17-7-3-4-11-25-17/h3-12,19,23,28H,2,13H2,1H3/t19-,23+/m0/s1. The van der Waals surface area contributed by atoms with Gasteiger partial charge in [0.05, 0.1) is 18.4 Å². The number of hydrazone groups is 1. The van der Waals surface area contributed by atoms with Gasteiger partial charge >= 0.3 is 0 Å². The molecule has 3 heterocycles. The van der Waals surface area contributed by atoms with Gasteiger partial charge in [0.2, 0.25) is 6.23 Å². The molecule has 6 nitrogen and oxygen atoms in total. The third-order valence-electron chi connectivity index (χ3n) is 5.29. The summed E-state index contributed by atoms with van der Waals surface area (Å²) in [4.78, 5) is 4.49. The predicted octanol–water partition coefficient (Wildman–Crippen LogP) is 5.08. The number of hydrogen-bond donors (Lipinski definition) is 1. The molecule has 5 rings (SSSR count).